The van der Waals surface area contributed by atoms with Crippen LogP contribution in [0.1, 0.15) is 49.9 Å². The maximum absolute atomic E-state index is 12.3. The van der Waals surface area contributed by atoms with Gasteiger partial charge in [0.15, 0.2) is 0 Å². The second-order valence-electron chi connectivity index (χ2n) is 5.22. The highest BCUT2D eigenvalue weighted by molar-refractivity contribution is 5.99. The molecule has 0 spiro atoms. The monoisotopic (exact) mass is 247 g/mol. The summed E-state index contributed by atoms with van der Waals surface area (Å²) in [5.41, 5.74) is 1.49. The van der Waals surface area contributed by atoms with E-state index in [4.69, 9.17) is 0 Å². The zero-order chi connectivity index (χ0) is 13.0. The average molecular weight is 247 g/mol. The van der Waals surface area contributed by atoms with E-state index in [-0.39, 0.29) is 11.4 Å². The third-order valence-electron chi connectivity index (χ3n) is 3.50. The van der Waals surface area contributed by atoms with Gasteiger partial charge in [0.25, 0.3) is 5.91 Å². The SMILES string of the molecule is CCCNc1cnccc1C(=O)NC1(C)CCC1. The number of carbonyl (C=O) groups is 1. The van der Waals surface area contributed by atoms with Crippen molar-refractivity contribution in [3.63, 3.8) is 0 Å². The first-order valence-corrected chi connectivity index (χ1v) is 6.65. The summed E-state index contributed by atoms with van der Waals surface area (Å²) >= 11 is 0. The first kappa shape index (κ1) is 12.9. The van der Waals surface area contributed by atoms with E-state index in [1.165, 1.54) is 6.42 Å². The van der Waals surface area contributed by atoms with Crippen molar-refractivity contribution in [3.05, 3.63) is 24.0 Å². The van der Waals surface area contributed by atoms with E-state index in [2.05, 4.69) is 29.5 Å². The van der Waals surface area contributed by atoms with Crippen LogP contribution < -0.4 is 10.6 Å². The van der Waals surface area contributed by atoms with Gasteiger partial charge in [-0.15, -0.1) is 0 Å². The number of anilines is 1. The summed E-state index contributed by atoms with van der Waals surface area (Å²) in [5, 5.41) is 6.36. The molecule has 1 aliphatic carbocycles. The van der Waals surface area contributed by atoms with Crippen LogP contribution in [-0.2, 0) is 0 Å². The van der Waals surface area contributed by atoms with Crippen LogP contribution in [-0.4, -0.2) is 23.0 Å². The Morgan fingerprint density at radius 3 is 2.89 bits per heavy atom. The van der Waals surface area contributed by atoms with Crippen molar-refractivity contribution < 1.29 is 4.79 Å². The van der Waals surface area contributed by atoms with Crippen molar-refractivity contribution in [2.45, 2.75) is 45.1 Å². The molecule has 1 saturated carbocycles. The van der Waals surface area contributed by atoms with Crippen molar-refractivity contribution in [2.24, 2.45) is 0 Å². The second kappa shape index (κ2) is 5.38. The van der Waals surface area contributed by atoms with E-state index >= 15 is 0 Å². The lowest BCUT2D eigenvalue weighted by Crippen LogP contribution is -2.51. The summed E-state index contributed by atoms with van der Waals surface area (Å²) in [6.07, 6.45) is 7.74. The third-order valence-corrected chi connectivity index (χ3v) is 3.50. The molecule has 98 valence electrons. The van der Waals surface area contributed by atoms with Crippen molar-refractivity contribution in [1.82, 2.24) is 10.3 Å². The maximum Gasteiger partial charge on any atom is 0.253 e. The molecule has 1 fully saturated rings. The minimum absolute atomic E-state index is 0.00166. The molecule has 1 amide bonds. The second-order valence-corrected chi connectivity index (χ2v) is 5.22. The lowest BCUT2D eigenvalue weighted by Gasteiger charge is -2.39. The molecule has 18 heavy (non-hydrogen) atoms. The molecule has 4 heteroatoms. The standard InChI is InChI=1S/C14H21N3O/c1-3-8-16-12-10-15-9-5-11(12)13(18)17-14(2)6-4-7-14/h5,9-10,16H,3-4,6-8H2,1-2H3,(H,17,18). The summed E-state index contributed by atoms with van der Waals surface area (Å²) in [6.45, 7) is 5.05. The summed E-state index contributed by atoms with van der Waals surface area (Å²) in [5.74, 6) is -0.00166. The number of hydrogen-bond donors (Lipinski definition) is 2. The molecule has 2 N–H and O–H groups in total. The number of carbonyl (C=O) groups excluding carboxylic acids is 1. The van der Waals surface area contributed by atoms with Crippen LogP contribution in [0.3, 0.4) is 0 Å². The van der Waals surface area contributed by atoms with E-state index in [9.17, 15) is 4.79 Å². The number of amides is 1. The van der Waals surface area contributed by atoms with Crippen LogP contribution >= 0.6 is 0 Å². The Morgan fingerprint density at radius 2 is 2.28 bits per heavy atom. The van der Waals surface area contributed by atoms with E-state index in [0.717, 1.165) is 31.5 Å². The van der Waals surface area contributed by atoms with Gasteiger partial charge in [0, 0.05) is 18.3 Å². The molecule has 1 aromatic rings. The number of nitrogens with zero attached hydrogens (tertiary/aromatic N) is 1. The number of aromatic nitrogens is 1. The molecule has 2 rings (SSSR count). The van der Waals surface area contributed by atoms with Gasteiger partial charge in [-0.1, -0.05) is 6.92 Å². The highest BCUT2D eigenvalue weighted by atomic mass is 16.1. The Hall–Kier alpha value is -1.58. The summed E-state index contributed by atoms with van der Waals surface area (Å²) < 4.78 is 0. The lowest BCUT2D eigenvalue weighted by molar-refractivity contribution is 0.0851. The molecule has 0 unspecified atom stereocenters. The maximum atomic E-state index is 12.3. The minimum atomic E-state index is -0.0115. The van der Waals surface area contributed by atoms with Gasteiger partial charge in [0.2, 0.25) is 0 Å². The van der Waals surface area contributed by atoms with Gasteiger partial charge >= 0.3 is 0 Å². The normalized spacial score (nSPS) is 16.8. The molecule has 1 aromatic heterocycles. The number of pyridine rings is 1. The number of hydrogen-bond acceptors (Lipinski definition) is 3. The predicted molar refractivity (Wildman–Crippen MR) is 72.7 cm³/mol. The quantitative estimate of drug-likeness (QED) is 0.840. The Balaban J connectivity index is 2.08. The molecule has 0 saturated heterocycles. The van der Waals surface area contributed by atoms with Crippen molar-refractivity contribution >= 4 is 11.6 Å². The first-order chi connectivity index (χ1) is 8.64. The topological polar surface area (TPSA) is 54.0 Å². The van der Waals surface area contributed by atoms with E-state index in [0.29, 0.717) is 5.56 Å². The van der Waals surface area contributed by atoms with Gasteiger partial charge < -0.3 is 10.6 Å². The molecule has 0 aromatic carbocycles. The van der Waals surface area contributed by atoms with Crippen LogP contribution in [0, 0.1) is 0 Å². The molecule has 1 heterocycles. The Morgan fingerprint density at radius 1 is 1.50 bits per heavy atom. The van der Waals surface area contributed by atoms with E-state index < -0.39 is 0 Å². The Labute approximate surface area is 108 Å². The predicted octanol–water partition coefficient (Wildman–Crippen LogP) is 2.58. The van der Waals surface area contributed by atoms with E-state index in [1.54, 1.807) is 18.5 Å². The smallest absolute Gasteiger partial charge is 0.253 e. The summed E-state index contributed by atoms with van der Waals surface area (Å²) in [6, 6.07) is 1.77. The van der Waals surface area contributed by atoms with Crippen molar-refractivity contribution in [3.8, 4) is 0 Å². The molecule has 0 bridgehead atoms. The molecule has 4 nitrogen and oxygen atoms in total. The molecule has 1 aliphatic rings. The first-order valence-electron chi connectivity index (χ1n) is 6.65. The Bertz CT molecular complexity index is 427. The summed E-state index contributed by atoms with van der Waals surface area (Å²) in [7, 11) is 0. The van der Waals surface area contributed by atoms with Crippen LogP contribution in [0.2, 0.25) is 0 Å². The molecule has 0 aliphatic heterocycles. The molecule has 0 radical (unpaired) electrons. The molecule has 0 atom stereocenters. The number of rotatable bonds is 5. The molecular weight excluding hydrogens is 226 g/mol. The van der Waals surface area contributed by atoms with Gasteiger partial charge in [-0.3, -0.25) is 9.78 Å². The fourth-order valence-corrected chi connectivity index (χ4v) is 2.17. The van der Waals surface area contributed by atoms with E-state index in [1.807, 2.05) is 0 Å². The molecular formula is C14H21N3O. The van der Waals surface area contributed by atoms with Crippen LogP contribution in [0.5, 0.6) is 0 Å². The lowest BCUT2D eigenvalue weighted by atomic mass is 9.78. The van der Waals surface area contributed by atoms with Gasteiger partial charge in [0.1, 0.15) is 0 Å². The Kier molecular flexibility index (Phi) is 3.84. The van der Waals surface area contributed by atoms with Gasteiger partial charge in [-0.2, -0.15) is 0 Å². The number of nitrogens with one attached hydrogen (secondary N) is 2. The van der Waals surface area contributed by atoms with Gasteiger partial charge in [0.05, 0.1) is 17.4 Å². The van der Waals surface area contributed by atoms with Crippen molar-refractivity contribution in [1.29, 1.82) is 0 Å². The van der Waals surface area contributed by atoms with Crippen LogP contribution in [0.15, 0.2) is 18.5 Å². The minimum Gasteiger partial charge on any atom is -0.383 e. The summed E-state index contributed by atoms with van der Waals surface area (Å²) in [4.78, 5) is 16.3. The highest BCUT2D eigenvalue weighted by Gasteiger charge is 2.33. The van der Waals surface area contributed by atoms with Crippen LogP contribution in [0.25, 0.3) is 0 Å². The third kappa shape index (κ3) is 2.81. The largest absolute Gasteiger partial charge is 0.383 e. The fourth-order valence-electron chi connectivity index (χ4n) is 2.17. The fraction of sp³-hybridized carbons (Fsp3) is 0.571. The van der Waals surface area contributed by atoms with Gasteiger partial charge in [-0.05, 0) is 38.7 Å². The van der Waals surface area contributed by atoms with Crippen molar-refractivity contribution in [2.75, 3.05) is 11.9 Å². The van der Waals surface area contributed by atoms with Gasteiger partial charge in [-0.25, -0.2) is 0 Å². The zero-order valence-corrected chi connectivity index (χ0v) is 11.1. The zero-order valence-electron chi connectivity index (χ0n) is 11.1. The average Bonchev–Trinajstić information content (AvgIpc) is 2.34. The van der Waals surface area contributed by atoms with Crippen LogP contribution in [0.4, 0.5) is 5.69 Å². The highest BCUT2D eigenvalue weighted by Crippen LogP contribution is 2.31.